The van der Waals surface area contributed by atoms with Gasteiger partial charge in [-0.3, -0.25) is 19.3 Å². The molecular formula is C23H22KN3Na2O11S2. The van der Waals surface area contributed by atoms with Crippen LogP contribution in [-0.4, -0.2) is 91.6 Å². The maximum Gasteiger partial charge on any atom is 1.00 e. The van der Waals surface area contributed by atoms with Crippen LogP contribution in [0.4, 0.5) is 0 Å². The molecule has 4 aliphatic rings. The Labute approximate surface area is 335 Å². The van der Waals surface area contributed by atoms with E-state index in [0.29, 0.717) is 0 Å². The quantitative estimate of drug-likeness (QED) is 0.158. The summed E-state index contributed by atoms with van der Waals surface area (Å²) in [7, 11) is 0. The van der Waals surface area contributed by atoms with E-state index in [0.717, 1.165) is 4.90 Å². The van der Waals surface area contributed by atoms with Crippen molar-refractivity contribution in [2.45, 2.75) is 60.7 Å². The van der Waals surface area contributed by atoms with Crippen LogP contribution in [0.25, 0.3) is 0 Å². The van der Waals surface area contributed by atoms with Gasteiger partial charge in [0, 0.05) is 4.75 Å². The van der Waals surface area contributed by atoms with E-state index in [1.165, 1.54) is 45.5 Å². The van der Waals surface area contributed by atoms with Crippen molar-refractivity contribution < 1.29 is 164 Å². The van der Waals surface area contributed by atoms with Crippen LogP contribution in [0.1, 0.15) is 31.7 Å². The van der Waals surface area contributed by atoms with E-state index in [9.17, 15) is 44.1 Å². The van der Waals surface area contributed by atoms with Gasteiger partial charge in [-0.15, -0.1) is 11.8 Å². The van der Waals surface area contributed by atoms with E-state index in [2.05, 4.69) is 5.32 Å². The molecule has 1 aromatic rings. The van der Waals surface area contributed by atoms with E-state index < -0.39 is 70.1 Å². The first-order chi connectivity index (χ1) is 18.3. The maximum absolute atomic E-state index is 12.4. The van der Waals surface area contributed by atoms with Crippen molar-refractivity contribution in [3.05, 3.63) is 34.2 Å². The molecule has 0 unspecified atom stereocenters. The van der Waals surface area contributed by atoms with Gasteiger partial charge in [0.1, 0.15) is 29.1 Å². The molecular weight excluding hydrogens is 643 g/mol. The molecule has 19 heteroatoms. The van der Waals surface area contributed by atoms with Crippen molar-refractivity contribution in [2.24, 2.45) is 0 Å². The monoisotopic (exact) mass is 665 g/mol. The number of aliphatic carboxylic acids is 3. The number of hydrogen-bond donors (Lipinski definition) is 2. The second-order valence-corrected chi connectivity index (χ2v) is 12.0. The van der Waals surface area contributed by atoms with E-state index >= 15 is 0 Å². The molecule has 0 bridgehead atoms. The minimum atomic E-state index is -1.56. The van der Waals surface area contributed by atoms with Crippen LogP contribution in [0.15, 0.2) is 28.7 Å². The van der Waals surface area contributed by atoms with E-state index in [4.69, 9.17) is 9.84 Å². The standard InChI is InChI=1S/C15H16N2O6S2.C8H9NO5.K.2Na/c1-15(2)9(14(22)23)17-11(19)8(12(17)25-15)16-10(18)7(13(20)21)6-3-4-24-5-6;10-2-1-4-7(8(12)13)9-5(11)3-6(9)14-4;;;/h3-5,7-9,12H,1-2H3,(H,16,18)(H,20,21)(H,22,23);1,6-7,10H,2-3H2,(H,12,13);;;/q;;3*+1/p-3/t7-,8-,9+,12-;6-,7-;;;/m11.../s1. The van der Waals surface area contributed by atoms with Crippen molar-refractivity contribution in [1.29, 1.82) is 0 Å². The van der Waals surface area contributed by atoms with Crippen molar-refractivity contribution in [3.8, 4) is 0 Å². The van der Waals surface area contributed by atoms with Gasteiger partial charge in [0.25, 0.3) is 0 Å². The molecule has 0 aliphatic carbocycles. The average Bonchev–Trinajstić information content (AvgIpc) is 3.52. The molecule has 5 heterocycles. The fraction of sp³-hybridized carbons (Fsp3) is 0.478. The summed E-state index contributed by atoms with van der Waals surface area (Å²) < 4.78 is 4.35. The summed E-state index contributed by atoms with van der Waals surface area (Å²) in [5.74, 6) is -7.44. The third-order valence-electron chi connectivity index (χ3n) is 6.62. The summed E-state index contributed by atoms with van der Waals surface area (Å²) in [6.07, 6.45) is 0.918. The van der Waals surface area contributed by atoms with Crippen molar-refractivity contribution in [3.63, 3.8) is 0 Å². The number of aliphatic hydroxyl groups is 1. The zero-order chi connectivity index (χ0) is 28.8. The third kappa shape index (κ3) is 7.68. The molecule has 4 aliphatic heterocycles. The van der Waals surface area contributed by atoms with Gasteiger partial charge in [-0.1, -0.05) is 0 Å². The first-order valence-electron chi connectivity index (χ1n) is 11.5. The van der Waals surface area contributed by atoms with Crippen LogP contribution in [0.2, 0.25) is 0 Å². The molecule has 14 nitrogen and oxygen atoms in total. The number of nitrogens with one attached hydrogen (secondary N) is 1. The SMILES string of the molecule is CC1(C)S[C@@H]2[C@H](NC(=O)[C@H](C(=O)[O-])c3ccsc3)C(=O)N2[C@H]1C(=O)[O-].O=C([O-])[C@H]1C(=CCO)O[C@@H]2CC(=O)N12.[K+].[Na+].[Na+]. The molecule has 5 rings (SSSR count). The van der Waals surface area contributed by atoms with Crippen LogP contribution >= 0.6 is 23.1 Å². The van der Waals surface area contributed by atoms with Gasteiger partial charge < -0.3 is 49.8 Å². The Morgan fingerprint density at radius 3 is 2.29 bits per heavy atom. The zero-order valence-corrected chi connectivity index (χ0v) is 32.2. The molecule has 4 fully saturated rings. The zero-order valence-electron chi connectivity index (χ0n) is 23.4. The number of carboxylic acids is 3. The Morgan fingerprint density at radius 1 is 1.17 bits per heavy atom. The molecule has 1 aromatic heterocycles. The van der Waals surface area contributed by atoms with Crippen LogP contribution < -0.4 is 131 Å². The number of carboxylic acid groups (broad SMARTS) is 3. The molecule has 4 saturated heterocycles. The Kier molecular flexibility index (Phi) is 15.3. The first-order valence-corrected chi connectivity index (χ1v) is 13.4. The largest absolute Gasteiger partial charge is 1.00 e. The van der Waals surface area contributed by atoms with Gasteiger partial charge in [-0.05, 0) is 42.3 Å². The fourth-order valence-corrected chi connectivity index (χ4v) is 7.15. The third-order valence-corrected chi connectivity index (χ3v) is 8.89. The van der Waals surface area contributed by atoms with Crippen LogP contribution in [0.3, 0.4) is 0 Å². The number of β-lactam (4-membered cyclic amide) rings is 2. The van der Waals surface area contributed by atoms with E-state index in [1.807, 2.05) is 0 Å². The normalized spacial score (nSPS) is 27.5. The van der Waals surface area contributed by atoms with Gasteiger partial charge in [0.15, 0.2) is 6.23 Å². The molecule has 0 aromatic carbocycles. The number of ether oxygens (including phenoxy) is 1. The molecule has 210 valence electrons. The number of rotatable bonds is 7. The summed E-state index contributed by atoms with van der Waals surface area (Å²) >= 11 is 2.47. The van der Waals surface area contributed by atoms with Gasteiger partial charge in [-0.2, -0.15) is 11.3 Å². The molecule has 0 spiro atoms. The van der Waals surface area contributed by atoms with Gasteiger partial charge in [0.2, 0.25) is 17.7 Å². The molecule has 0 radical (unpaired) electrons. The number of carbonyl (C=O) groups excluding carboxylic acids is 6. The molecule has 42 heavy (non-hydrogen) atoms. The Bertz CT molecular complexity index is 1270. The summed E-state index contributed by atoms with van der Waals surface area (Å²) in [5.41, 5.74) is 0.276. The van der Waals surface area contributed by atoms with Crippen molar-refractivity contribution in [1.82, 2.24) is 15.1 Å². The number of fused-ring (bicyclic) bond motifs is 2. The molecule has 0 saturated carbocycles. The topological polar surface area (TPSA) is 220 Å². The second-order valence-electron chi connectivity index (χ2n) is 9.46. The predicted octanol–water partition coefficient (Wildman–Crippen LogP) is -13.5. The Morgan fingerprint density at radius 2 is 1.81 bits per heavy atom. The number of amides is 3. The van der Waals surface area contributed by atoms with E-state index in [1.54, 1.807) is 19.2 Å². The Balaban J connectivity index is 0.000000446. The molecule has 3 amide bonds. The fourth-order valence-electron chi connectivity index (χ4n) is 4.84. The van der Waals surface area contributed by atoms with Gasteiger partial charge >= 0.3 is 110 Å². The van der Waals surface area contributed by atoms with Crippen molar-refractivity contribution in [2.75, 3.05) is 6.61 Å². The minimum Gasteiger partial charge on any atom is -0.549 e. The number of carbonyl (C=O) groups is 6. The van der Waals surface area contributed by atoms with Crippen LogP contribution in [-0.2, 0) is 33.5 Å². The average molecular weight is 666 g/mol. The maximum atomic E-state index is 12.4. The minimum absolute atomic E-state index is 0. The summed E-state index contributed by atoms with van der Waals surface area (Å²) in [5, 5.41) is 47.0. The summed E-state index contributed by atoms with van der Waals surface area (Å²) in [6.45, 7) is 3.03. The predicted molar refractivity (Wildman–Crippen MR) is 125 cm³/mol. The Hall–Kier alpha value is 0.00636. The molecule has 2 N–H and O–H groups in total. The smallest absolute Gasteiger partial charge is 0.549 e. The van der Waals surface area contributed by atoms with Gasteiger partial charge in [-0.25, -0.2) is 0 Å². The summed E-state index contributed by atoms with van der Waals surface area (Å²) in [4.78, 5) is 71.4. The van der Waals surface area contributed by atoms with Crippen LogP contribution in [0, 0.1) is 0 Å². The van der Waals surface area contributed by atoms with Crippen LogP contribution in [0.5, 0.6) is 0 Å². The first kappa shape index (κ1) is 40.0. The van der Waals surface area contributed by atoms with Crippen molar-refractivity contribution >= 4 is 58.7 Å². The number of aliphatic hydroxyl groups excluding tert-OH is 1. The molecule has 6 atom stereocenters. The number of thioether (sulfide) groups is 1. The number of thiophene rings is 1. The summed E-state index contributed by atoms with van der Waals surface area (Å²) in [6, 6.07) is -1.74. The number of hydrogen-bond acceptors (Lipinski definition) is 13. The number of nitrogens with zero attached hydrogens (tertiary/aromatic N) is 2. The van der Waals surface area contributed by atoms with E-state index in [-0.39, 0.29) is 141 Å². The second kappa shape index (κ2) is 16.0. The van der Waals surface area contributed by atoms with Gasteiger partial charge in [0.05, 0.1) is 37.0 Å².